The number of fused-ring (bicyclic) bond motifs is 1. The topological polar surface area (TPSA) is 119 Å². The van der Waals surface area contributed by atoms with Gasteiger partial charge in [0.15, 0.2) is 11.5 Å². The third-order valence-electron chi connectivity index (χ3n) is 4.80. The molecule has 0 saturated carbocycles. The number of carbonyl (C=O) groups is 1. The zero-order chi connectivity index (χ0) is 20.4. The Bertz CT molecular complexity index is 1110. The molecular weight excluding hydrogens is 372 g/mol. The maximum atomic E-state index is 12.5. The van der Waals surface area contributed by atoms with E-state index in [1.165, 1.54) is 0 Å². The van der Waals surface area contributed by atoms with Crippen LogP contribution in [0.2, 0.25) is 0 Å². The average Bonchev–Trinajstić information content (AvgIpc) is 2.71. The Morgan fingerprint density at radius 2 is 1.93 bits per heavy atom. The van der Waals surface area contributed by atoms with Crippen LogP contribution in [0, 0.1) is 0 Å². The summed E-state index contributed by atoms with van der Waals surface area (Å²) >= 11 is 0. The van der Waals surface area contributed by atoms with E-state index in [1.54, 1.807) is 19.2 Å². The molecule has 3 aromatic rings. The van der Waals surface area contributed by atoms with Crippen LogP contribution in [-0.2, 0) is 11.4 Å². The van der Waals surface area contributed by atoms with Crippen molar-refractivity contribution in [2.45, 2.75) is 18.9 Å². The molecule has 4 rings (SSSR count). The van der Waals surface area contributed by atoms with Crippen LogP contribution in [0.15, 0.2) is 53.3 Å². The largest absolute Gasteiger partial charge is 0.493 e. The number of amides is 1. The van der Waals surface area contributed by atoms with Crippen LogP contribution in [0.5, 0.6) is 11.5 Å². The number of hydrogen-bond donors (Lipinski definition) is 3. The molecule has 1 unspecified atom stereocenters. The van der Waals surface area contributed by atoms with Gasteiger partial charge in [0.2, 0.25) is 11.9 Å². The Morgan fingerprint density at radius 3 is 2.69 bits per heavy atom. The molecule has 0 bridgehead atoms. The van der Waals surface area contributed by atoms with Crippen molar-refractivity contribution >= 4 is 17.7 Å². The molecule has 0 aliphatic carbocycles. The lowest BCUT2D eigenvalue weighted by Crippen LogP contribution is -2.31. The smallest absolute Gasteiger partial charge is 0.258 e. The number of hydrogen-bond acceptors (Lipinski definition) is 6. The number of H-pyrrole nitrogens is 1. The zero-order valence-corrected chi connectivity index (χ0v) is 15.8. The van der Waals surface area contributed by atoms with E-state index in [-0.39, 0.29) is 29.7 Å². The minimum Gasteiger partial charge on any atom is -0.493 e. The molecule has 1 aliphatic heterocycles. The van der Waals surface area contributed by atoms with Crippen LogP contribution in [0.25, 0.3) is 0 Å². The molecule has 1 amide bonds. The normalized spacial score (nSPS) is 15.3. The Balaban J connectivity index is 1.66. The number of aromatic amines is 1. The lowest BCUT2D eigenvalue weighted by atomic mass is 9.86. The molecule has 0 radical (unpaired) electrons. The van der Waals surface area contributed by atoms with Crippen LogP contribution < -0.4 is 26.1 Å². The number of ether oxygens (including phenoxy) is 2. The summed E-state index contributed by atoms with van der Waals surface area (Å²) < 4.78 is 11.4. The fourth-order valence-electron chi connectivity index (χ4n) is 3.43. The van der Waals surface area contributed by atoms with E-state index in [9.17, 15) is 9.59 Å². The molecule has 1 aromatic heterocycles. The number of carbonyl (C=O) groups excluding carboxylic acids is 1. The summed E-state index contributed by atoms with van der Waals surface area (Å²) in [7, 11) is 1.55. The number of nitrogen functional groups attached to an aromatic ring is 1. The predicted molar refractivity (Wildman–Crippen MR) is 108 cm³/mol. The lowest BCUT2D eigenvalue weighted by Gasteiger charge is -2.25. The first-order valence-electron chi connectivity index (χ1n) is 9.09. The van der Waals surface area contributed by atoms with Crippen LogP contribution >= 0.6 is 0 Å². The average molecular weight is 392 g/mol. The van der Waals surface area contributed by atoms with Gasteiger partial charge in [-0.2, -0.15) is 4.98 Å². The van der Waals surface area contributed by atoms with Crippen molar-refractivity contribution in [3.63, 3.8) is 0 Å². The Labute approximate surface area is 166 Å². The van der Waals surface area contributed by atoms with Gasteiger partial charge in [0.05, 0.1) is 12.7 Å². The monoisotopic (exact) mass is 392 g/mol. The third kappa shape index (κ3) is 3.77. The molecular formula is C21H20N4O4. The van der Waals surface area contributed by atoms with Crippen molar-refractivity contribution in [1.29, 1.82) is 0 Å². The van der Waals surface area contributed by atoms with Gasteiger partial charge >= 0.3 is 0 Å². The van der Waals surface area contributed by atoms with Gasteiger partial charge in [-0.15, -0.1) is 0 Å². The van der Waals surface area contributed by atoms with E-state index in [2.05, 4.69) is 15.3 Å². The molecule has 1 aliphatic rings. The van der Waals surface area contributed by atoms with Gasteiger partial charge in [-0.3, -0.25) is 14.6 Å². The molecule has 148 valence electrons. The highest BCUT2D eigenvalue weighted by atomic mass is 16.5. The maximum absolute atomic E-state index is 12.5. The Kier molecular flexibility index (Phi) is 4.90. The first-order chi connectivity index (χ1) is 14.0. The molecule has 0 saturated heterocycles. The number of methoxy groups -OCH3 is 1. The second-order valence-corrected chi connectivity index (χ2v) is 6.70. The summed E-state index contributed by atoms with van der Waals surface area (Å²) in [6, 6.07) is 15.2. The fourth-order valence-corrected chi connectivity index (χ4v) is 3.43. The SMILES string of the molecule is COc1cc(C2CC(=O)Nc3nc(N)[nH]c(=O)c32)ccc1OCc1ccccc1. The van der Waals surface area contributed by atoms with Gasteiger partial charge in [0.25, 0.3) is 5.56 Å². The second-order valence-electron chi connectivity index (χ2n) is 6.70. The predicted octanol–water partition coefficient (Wildman–Crippen LogP) is 2.41. The van der Waals surface area contributed by atoms with Gasteiger partial charge in [-0.05, 0) is 23.3 Å². The molecule has 8 heteroatoms. The van der Waals surface area contributed by atoms with Gasteiger partial charge in [-0.25, -0.2) is 0 Å². The highest BCUT2D eigenvalue weighted by molar-refractivity contribution is 5.94. The van der Waals surface area contributed by atoms with Crippen molar-refractivity contribution in [3.8, 4) is 11.5 Å². The second kappa shape index (κ2) is 7.67. The Hall–Kier alpha value is -3.81. The number of anilines is 2. The maximum Gasteiger partial charge on any atom is 0.258 e. The van der Waals surface area contributed by atoms with E-state index in [4.69, 9.17) is 15.2 Å². The third-order valence-corrected chi connectivity index (χ3v) is 4.80. The van der Waals surface area contributed by atoms with Crippen LogP contribution in [0.1, 0.15) is 29.0 Å². The summed E-state index contributed by atoms with van der Waals surface area (Å²) in [4.78, 5) is 31.2. The number of benzene rings is 2. The van der Waals surface area contributed by atoms with Crippen LogP contribution in [0.3, 0.4) is 0 Å². The van der Waals surface area contributed by atoms with E-state index < -0.39 is 5.92 Å². The highest BCUT2D eigenvalue weighted by Gasteiger charge is 2.31. The van der Waals surface area contributed by atoms with E-state index >= 15 is 0 Å². The summed E-state index contributed by atoms with van der Waals surface area (Å²) in [6.45, 7) is 0.397. The van der Waals surface area contributed by atoms with Gasteiger partial charge < -0.3 is 20.5 Å². The van der Waals surface area contributed by atoms with Crippen molar-refractivity contribution in [1.82, 2.24) is 9.97 Å². The number of rotatable bonds is 5. The molecule has 2 heterocycles. The summed E-state index contributed by atoms with van der Waals surface area (Å²) in [5.74, 6) is 0.541. The Morgan fingerprint density at radius 1 is 1.14 bits per heavy atom. The minimum atomic E-state index is -0.465. The standard InChI is InChI=1S/C21H20N4O4/c1-28-16-9-13(7-8-15(16)29-11-12-5-3-2-4-6-12)14-10-17(26)23-19-18(14)20(27)25-21(22)24-19/h2-9,14H,10-11H2,1H3,(H4,22,23,24,25,26,27). The zero-order valence-electron chi connectivity index (χ0n) is 15.8. The number of aromatic nitrogens is 2. The molecule has 0 fully saturated rings. The first kappa shape index (κ1) is 18.5. The van der Waals surface area contributed by atoms with Crippen molar-refractivity contribution < 1.29 is 14.3 Å². The van der Waals surface area contributed by atoms with Crippen molar-refractivity contribution in [2.24, 2.45) is 0 Å². The first-order valence-corrected chi connectivity index (χ1v) is 9.09. The van der Waals surface area contributed by atoms with Crippen LogP contribution in [-0.4, -0.2) is 23.0 Å². The van der Waals surface area contributed by atoms with Crippen molar-refractivity contribution in [3.05, 3.63) is 75.6 Å². The molecule has 29 heavy (non-hydrogen) atoms. The van der Waals surface area contributed by atoms with Crippen molar-refractivity contribution in [2.75, 3.05) is 18.2 Å². The fraction of sp³-hybridized carbons (Fsp3) is 0.190. The molecule has 0 spiro atoms. The lowest BCUT2D eigenvalue weighted by molar-refractivity contribution is -0.116. The summed E-state index contributed by atoms with van der Waals surface area (Å²) in [5, 5.41) is 2.61. The van der Waals surface area contributed by atoms with E-state index in [1.807, 2.05) is 36.4 Å². The molecule has 2 aromatic carbocycles. The van der Waals surface area contributed by atoms with Gasteiger partial charge in [0.1, 0.15) is 12.4 Å². The highest BCUT2D eigenvalue weighted by Crippen LogP contribution is 2.38. The van der Waals surface area contributed by atoms with E-state index in [0.29, 0.717) is 23.7 Å². The number of nitrogens with two attached hydrogens (primary N) is 1. The number of nitrogens with one attached hydrogen (secondary N) is 2. The molecule has 8 nitrogen and oxygen atoms in total. The summed E-state index contributed by atoms with van der Waals surface area (Å²) in [6.07, 6.45) is 0.120. The van der Waals surface area contributed by atoms with E-state index in [0.717, 1.165) is 11.1 Å². The van der Waals surface area contributed by atoms with Crippen LogP contribution in [0.4, 0.5) is 11.8 Å². The molecule has 1 atom stereocenters. The number of nitrogens with zero attached hydrogens (tertiary/aromatic N) is 1. The van der Waals surface area contributed by atoms with Gasteiger partial charge in [0, 0.05) is 12.3 Å². The molecule has 4 N–H and O–H groups in total. The van der Waals surface area contributed by atoms with Gasteiger partial charge in [-0.1, -0.05) is 36.4 Å². The summed E-state index contributed by atoms with van der Waals surface area (Å²) in [5.41, 5.74) is 7.39. The quantitative estimate of drug-likeness (QED) is 0.613. The minimum absolute atomic E-state index is 0.0445.